The number of methoxy groups -OCH3 is 1. The first-order valence-corrected chi connectivity index (χ1v) is 6.66. The standard InChI is InChI=1S/C13H16BrNO3/c1-17-12(16)13(6-8-18-9-7-13)15-11-5-3-2-4-10(11)14/h2-5,15H,6-9H2,1H3. The zero-order chi connectivity index (χ0) is 13.0. The molecule has 0 aromatic heterocycles. The third-order valence-corrected chi connectivity index (χ3v) is 3.86. The summed E-state index contributed by atoms with van der Waals surface area (Å²) >= 11 is 3.47. The van der Waals surface area contributed by atoms with Crippen LogP contribution in [-0.4, -0.2) is 31.8 Å². The number of hydrogen-bond acceptors (Lipinski definition) is 4. The molecule has 0 amide bonds. The van der Waals surface area contributed by atoms with Gasteiger partial charge in [-0.25, -0.2) is 4.79 Å². The fourth-order valence-corrected chi connectivity index (χ4v) is 2.50. The van der Waals surface area contributed by atoms with Crippen LogP contribution in [0.15, 0.2) is 28.7 Å². The van der Waals surface area contributed by atoms with Crippen LogP contribution >= 0.6 is 15.9 Å². The van der Waals surface area contributed by atoms with Gasteiger partial charge in [0.05, 0.1) is 7.11 Å². The Hall–Kier alpha value is -1.07. The van der Waals surface area contributed by atoms with E-state index in [2.05, 4.69) is 21.2 Å². The van der Waals surface area contributed by atoms with Gasteiger partial charge in [-0.05, 0) is 28.1 Å². The lowest BCUT2D eigenvalue weighted by molar-refractivity contribution is -0.149. The van der Waals surface area contributed by atoms with E-state index < -0.39 is 5.54 Å². The highest BCUT2D eigenvalue weighted by molar-refractivity contribution is 9.10. The molecule has 18 heavy (non-hydrogen) atoms. The maximum atomic E-state index is 12.0. The van der Waals surface area contributed by atoms with Gasteiger partial charge in [0.1, 0.15) is 5.54 Å². The van der Waals surface area contributed by atoms with Gasteiger partial charge in [-0.15, -0.1) is 0 Å². The quantitative estimate of drug-likeness (QED) is 0.871. The Morgan fingerprint density at radius 2 is 2.06 bits per heavy atom. The molecule has 1 aliphatic rings. The molecular weight excluding hydrogens is 298 g/mol. The molecule has 1 aliphatic heterocycles. The highest BCUT2D eigenvalue weighted by Gasteiger charge is 2.41. The van der Waals surface area contributed by atoms with Gasteiger partial charge in [0.25, 0.3) is 0 Å². The largest absolute Gasteiger partial charge is 0.467 e. The molecule has 0 unspecified atom stereocenters. The van der Waals surface area contributed by atoms with Gasteiger partial charge in [0, 0.05) is 36.2 Å². The number of nitrogens with one attached hydrogen (secondary N) is 1. The van der Waals surface area contributed by atoms with Gasteiger partial charge in [-0.1, -0.05) is 12.1 Å². The van der Waals surface area contributed by atoms with Crippen LogP contribution in [0.3, 0.4) is 0 Å². The van der Waals surface area contributed by atoms with Crippen LogP contribution in [0.2, 0.25) is 0 Å². The van der Waals surface area contributed by atoms with Crippen molar-refractivity contribution in [1.29, 1.82) is 0 Å². The van der Waals surface area contributed by atoms with Crippen LogP contribution in [-0.2, 0) is 14.3 Å². The van der Waals surface area contributed by atoms with E-state index in [1.54, 1.807) is 0 Å². The summed E-state index contributed by atoms with van der Waals surface area (Å²) in [4.78, 5) is 12.0. The molecule has 0 atom stereocenters. The average molecular weight is 314 g/mol. The molecule has 0 radical (unpaired) electrons. The first kappa shape index (κ1) is 13.4. The molecular formula is C13H16BrNO3. The summed E-state index contributed by atoms with van der Waals surface area (Å²) < 4.78 is 11.2. The molecule has 2 rings (SSSR count). The summed E-state index contributed by atoms with van der Waals surface area (Å²) in [6.45, 7) is 1.12. The number of benzene rings is 1. The normalized spacial score (nSPS) is 18.1. The van der Waals surface area contributed by atoms with E-state index in [-0.39, 0.29) is 5.97 Å². The molecule has 1 heterocycles. The van der Waals surface area contributed by atoms with Crippen LogP contribution in [0, 0.1) is 0 Å². The van der Waals surface area contributed by atoms with Crippen LogP contribution < -0.4 is 5.32 Å². The molecule has 1 saturated heterocycles. The van der Waals surface area contributed by atoms with Crippen LogP contribution in [0.4, 0.5) is 5.69 Å². The monoisotopic (exact) mass is 313 g/mol. The van der Waals surface area contributed by atoms with Crippen molar-refractivity contribution in [2.45, 2.75) is 18.4 Å². The summed E-state index contributed by atoms with van der Waals surface area (Å²) in [7, 11) is 1.42. The van der Waals surface area contributed by atoms with Crippen molar-refractivity contribution in [2.75, 3.05) is 25.6 Å². The minimum absolute atomic E-state index is 0.235. The molecule has 1 N–H and O–H groups in total. The molecule has 5 heteroatoms. The molecule has 1 fully saturated rings. The van der Waals surface area contributed by atoms with E-state index in [4.69, 9.17) is 9.47 Å². The minimum atomic E-state index is -0.684. The molecule has 98 valence electrons. The Morgan fingerprint density at radius 1 is 1.39 bits per heavy atom. The summed E-state index contributed by atoms with van der Waals surface area (Å²) in [5.41, 5.74) is 0.210. The third-order valence-electron chi connectivity index (χ3n) is 3.17. The number of esters is 1. The van der Waals surface area contributed by atoms with E-state index in [0.29, 0.717) is 26.1 Å². The fraction of sp³-hybridized carbons (Fsp3) is 0.462. The lowest BCUT2D eigenvalue weighted by atomic mass is 9.89. The van der Waals surface area contributed by atoms with Crippen molar-refractivity contribution < 1.29 is 14.3 Å². The van der Waals surface area contributed by atoms with Gasteiger partial charge in [-0.3, -0.25) is 0 Å². The van der Waals surface area contributed by atoms with E-state index in [0.717, 1.165) is 10.2 Å². The first-order chi connectivity index (χ1) is 8.68. The molecule has 0 saturated carbocycles. The zero-order valence-corrected chi connectivity index (χ0v) is 11.8. The minimum Gasteiger partial charge on any atom is -0.467 e. The van der Waals surface area contributed by atoms with Crippen LogP contribution in [0.1, 0.15) is 12.8 Å². The molecule has 4 nitrogen and oxygen atoms in total. The van der Waals surface area contributed by atoms with Crippen molar-refractivity contribution in [3.63, 3.8) is 0 Å². The molecule has 0 aliphatic carbocycles. The SMILES string of the molecule is COC(=O)C1(Nc2ccccc2Br)CCOCC1. The van der Waals surface area contributed by atoms with E-state index >= 15 is 0 Å². The predicted octanol–water partition coefficient (Wildman–Crippen LogP) is 2.58. The molecule has 1 aromatic rings. The Kier molecular flexibility index (Phi) is 4.24. The molecule has 0 spiro atoms. The topological polar surface area (TPSA) is 47.6 Å². The number of carbonyl (C=O) groups is 1. The smallest absolute Gasteiger partial charge is 0.331 e. The Morgan fingerprint density at radius 3 is 2.67 bits per heavy atom. The zero-order valence-electron chi connectivity index (χ0n) is 10.2. The number of halogens is 1. The van der Waals surface area contributed by atoms with Gasteiger partial charge < -0.3 is 14.8 Å². The van der Waals surface area contributed by atoms with Gasteiger partial charge in [0.15, 0.2) is 0 Å². The maximum absolute atomic E-state index is 12.0. The predicted molar refractivity (Wildman–Crippen MR) is 72.6 cm³/mol. The highest BCUT2D eigenvalue weighted by atomic mass is 79.9. The van der Waals surface area contributed by atoms with Crippen molar-refractivity contribution >= 4 is 27.6 Å². The highest BCUT2D eigenvalue weighted by Crippen LogP contribution is 2.31. The number of rotatable bonds is 3. The van der Waals surface area contributed by atoms with E-state index in [1.165, 1.54) is 7.11 Å². The number of para-hydroxylation sites is 1. The number of carbonyl (C=O) groups excluding carboxylic acids is 1. The second kappa shape index (κ2) is 5.71. The van der Waals surface area contributed by atoms with Gasteiger partial charge in [-0.2, -0.15) is 0 Å². The van der Waals surface area contributed by atoms with E-state index in [1.807, 2.05) is 24.3 Å². The lowest BCUT2D eigenvalue weighted by Gasteiger charge is -2.36. The number of hydrogen-bond donors (Lipinski definition) is 1. The Labute approximate surface area is 115 Å². The fourth-order valence-electron chi connectivity index (χ4n) is 2.12. The van der Waals surface area contributed by atoms with Crippen molar-refractivity contribution in [2.24, 2.45) is 0 Å². The summed E-state index contributed by atoms with van der Waals surface area (Å²) in [6.07, 6.45) is 1.22. The van der Waals surface area contributed by atoms with E-state index in [9.17, 15) is 4.79 Å². The van der Waals surface area contributed by atoms with Crippen molar-refractivity contribution in [3.05, 3.63) is 28.7 Å². The Bertz CT molecular complexity index is 430. The summed E-state index contributed by atoms with van der Waals surface area (Å²) in [5.74, 6) is -0.235. The number of ether oxygens (including phenoxy) is 2. The van der Waals surface area contributed by atoms with Gasteiger partial charge >= 0.3 is 5.97 Å². The third kappa shape index (κ3) is 2.67. The maximum Gasteiger partial charge on any atom is 0.331 e. The first-order valence-electron chi connectivity index (χ1n) is 5.87. The second-order valence-electron chi connectivity index (χ2n) is 4.29. The second-order valence-corrected chi connectivity index (χ2v) is 5.15. The summed E-state index contributed by atoms with van der Waals surface area (Å²) in [5, 5.41) is 3.31. The molecule has 0 bridgehead atoms. The number of anilines is 1. The average Bonchev–Trinajstić information content (AvgIpc) is 2.41. The Balaban J connectivity index is 2.25. The van der Waals surface area contributed by atoms with Crippen molar-refractivity contribution in [3.8, 4) is 0 Å². The van der Waals surface area contributed by atoms with Crippen LogP contribution in [0.25, 0.3) is 0 Å². The van der Waals surface area contributed by atoms with Crippen molar-refractivity contribution in [1.82, 2.24) is 0 Å². The summed E-state index contributed by atoms with van der Waals surface area (Å²) in [6, 6.07) is 7.73. The molecule has 1 aromatic carbocycles. The van der Waals surface area contributed by atoms with Crippen LogP contribution in [0.5, 0.6) is 0 Å². The van der Waals surface area contributed by atoms with Gasteiger partial charge in [0.2, 0.25) is 0 Å². The lowest BCUT2D eigenvalue weighted by Crippen LogP contribution is -2.51.